The highest BCUT2D eigenvalue weighted by atomic mass is 15.2. The molecule has 1 aromatic carbocycles. The third kappa shape index (κ3) is 3.60. The molecule has 3 nitrogen and oxygen atoms in total. The van der Waals surface area contributed by atoms with E-state index in [0.717, 1.165) is 0 Å². The van der Waals surface area contributed by atoms with Gasteiger partial charge >= 0.3 is 0 Å². The zero-order valence-electron chi connectivity index (χ0n) is 13.3. The van der Waals surface area contributed by atoms with Crippen molar-refractivity contribution in [2.45, 2.75) is 44.8 Å². The fourth-order valence-corrected chi connectivity index (χ4v) is 3.06. The van der Waals surface area contributed by atoms with Gasteiger partial charge in [0.05, 0.1) is 0 Å². The molecule has 0 amide bonds. The maximum absolute atomic E-state index is 6.47. The molecule has 0 spiro atoms. The Morgan fingerprint density at radius 1 is 1.20 bits per heavy atom. The van der Waals surface area contributed by atoms with Crippen LogP contribution in [0.5, 0.6) is 0 Å². The van der Waals surface area contributed by atoms with Gasteiger partial charge in [-0.3, -0.25) is 4.90 Å². The van der Waals surface area contributed by atoms with Crippen molar-refractivity contribution < 1.29 is 0 Å². The molecule has 1 aliphatic heterocycles. The summed E-state index contributed by atoms with van der Waals surface area (Å²) in [5.41, 5.74) is 9.00. The molecule has 0 radical (unpaired) electrons. The van der Waals surface area contributed by atoms with E-state index in [9.17, 15) is 0 Å². The van der Waals surface area contributed by atoms with Gasteiger partial charge in [-0.25, -0.2) is 0 Å². The summed E-state index contributed by atoms with van der Waals surface area (Å²) in [7, 11) is 4.44. The molecule has 2 rings (SSSR count). The second kappa shape index (κ2) is 6.70. The number of aryl methyl sites for hydroxylation is 1. The number of likely N-dealkylation sites (N-methyl/N-ethyl adjacent to an activating group) is 1. The van der Waals surface area contributed by atoms with Gasteiger partial charge in [0.1, 0.15) is 0 Å². The van der Waals surface area contributed by atoms with Crippen LogP contribution in [0.4, 0.5) is 0 Å². The molecule has 1 saturated heterocycles. The molecular weight excluding hydrogens is 246 g/mol. The summed E-state index contributed by atoms with van der Waals surface area (Å²) >= 11 is 0. The largest absolute Gasteiger partial charge is 0.323 e. The Kier molecular flexibility index (Phi) is 5.19. The molecule has 0 bridgehead atoms. The third-order valence-corrected chi connectivity index (χ3v) is 4.89. The predicted octanol–water partition coefficient (Wildman–Crippen LogP) is 2.41. The number of likely N-dealkylation sites (tertiary alicyclic amines) is 1. The van der Waals surface area contributed by atoms with Gasteiger partial charge < -0.3 is 10.6 Å². The lowest BCUT2D eigenvalue weighted by Crippen LogP contribution is -2.48. The average Bonchev–Trinajstić information content (AvgIpc) is 2.46. The first-order chi connectivity index (χ1) is 9.49. The Hall–Kier alpha value is -0.900. The van der Waals surface area contributed by atoms with Crippen LogP contribution in [0, 0.1) is 6.92 Å². The van der Waals surface area contributed by atoms with Crippen LogP contribution >= 0.6 is 0 Å². The normalized spacial score (nSPS) is 21.1. The van der Waals surface area contributed by atoms with Crippen molar-refractivity contribution in [2.75, 3.05) is 27.2 Å². The molecule has 0 aromatic heterocycles. The molecule has 3 heteroatoms. The topological polar surface area (TPSA) is 32.5 Å². The molecule has 2 atom stereocenters. The fraction of sp³-hybridized carbons (Fsp3) is 0.647. The summed E-state index contributed by atoms with van der Waals surface area (Å²) < 4.78 is 0. The summed E-state index contributed by atoms with van der Waals surface area (Å²) in [5.74, 6) is 0. The number of rotatable bonds is 4. The second-order valence-electron chi connectivity index (χ2n) is 6.38. The van der Waals surface area contributed by atoms with E-state index in [1.807, 2.05) is 0 Å². The van der Waals surface area contributed by atoms with Crippen molar-refractivity contribution in [1.29, 1.82) is 0 Å². The van der Waals surface area contributed by atoms with E-state index in [1.54, 1.807) is 0 Å². The highest BCUT2D eigenvalue weighted by Crippen LogP contribution is 2.23. The smallest absolute Gasteiger partial charge is 0.0450 e. The van der Waals surface area contributed by atoms with Gasteiger partial charge in [0.15, 0.2) is 0 Å². The number of nitrogens with zero attached hydrogens (tertiary/aromatic N) is 2. The van der Waals surface area contributed by atoms with Crippen molar-refractivity contribution in [3.8, 4) is 0 Å². The lowest BCUT2D eigenvalue weighted by molar-refractivity contribution is 0.102. The molecule has 1 aliphatic rings. The first kappa shape index (κ1) is 15.5. The van der Waals surface area contributed by atoms with E-state index in [-0.39, 0.29) is 6.04 Å². The van der Waals surface area contributed by atoms with Crippen LogP contribution in [0.1, 0.15) is 36.9 Å². The number of hydrogen-bond donors (Lipinski definition) is 1. The van der Waals surface area contributed by atoms with E-state index in [0.29, 0.717) is 12.1 Å². The first-order valence-electron chi connectivity index (χ1n) is 7.71. The lowest BCUT2D eigenvalue weighted by Gasteiger charge is -2.40. The molecule has 0 saturated carbocycles. The highest BCUT2D eigenvalue weighted by molar-refractivity contribution is 5.24. The van der Waals surface area contributed by atoms with Crippen LogP contribution in [-0.2, 0) is 0 Å². The van der Waals surface area contributed by atoms with Gasteiger partial charge in [0.2, 0.25) is 0 Å². The van der Waals surface area contributed by atoms with Gasteiger partial charge in [-0.2, -0.15) is 0 Å². The van der Waals surface area contributed by atoms with E-state index in [4.69, 9.17) is 5.73 Å². The summed E-state index contributed by atoms with van der Waals surface area (Å²) in [6.45, 7) is 6.76. The Balaban J connectivity index is 1.98. The molecule has 1 fully saturated rings. The maximum Gasteiger partial charge on any atom is 0.0450 e. The van der Waals surface area contributed by atoms with Crippen molar-refractivity contribution in [3.63, 3.8) is 0 Å². The fourth-order valence-electron chi connectivity index (χ4n) is 3.06. The van der Waals surface area contributed by atoms with Crippen molar-refractivity contribution in [3.05, 3.63) is 35.4 Å². The zero-order valence-corrected chi connectivity index (χ0v) is 13.3. The standard InChI is InChI=1S/C17H29N3/c1-13-5-7-15(8-6-13)17(18)14(2)20(4)16-9-11-19(3)12-10-16/h5-8,14,16-17H,9-12,18H2,1-4H3. The third-order valence-electron chi connectivity index (χ3n) is 4.89. The molecule has 2 N–H and O–H groups in total. The number of benzene rings is 1. The molecular formula is C17H29N3. The number of nitrogens with two attached hydrogens (primary N) is 1. The van der Waals surface area contributed by atoms with Gasteiger partial charge in [-0.05, 0) is 59.4 Å². The molecule has 0 aliphatic carbocycles. The molecule has 1 heterocycles. The van der Waals surface area contributed by atoms with Gasteiger partial charge in [-0.15, -0.1) is 0 Å². The van der Waals surface area contributed by atoms with Gasteiger partial charge in [0, 0.05) is 18.1 Å². The van der Waals surface area contributed by atoms with Crippen LogP contribution < -0.4 is 5.73 Å². The van der Waals surface area contributed by atoms with Crippen LogP contribution in [-0.4, -0.2) is 49.1 Å². The Morgan fingerprint density at radius 2 is 1.75 bits per heavy atom. The first-order valence-corrected chi connectivity index (χ1v) is 7.71. The average molecular weight is 275 g/mol. The minimum Gasteiger partial charge on any atom is -0.323 e. The quantitative estimate of drug-likeness (QED) is 0.916. The summed E-state index contributed by atoms with van der Waals surface area (Å²) in [4.78, 5) is 4.90. The van der Waals surface area contributed by atoms with E-state index < -0.39 is 0 Å². The van der Waals surface area contributed by atoms with Crippen molar-refractivity contribution in [1.82, 2.24) is 9.80 Å². The Morgan fingerprint density at radius 3 is 2.30 bits per heavy atom. The Bertz CT molecular complexity index is 407. The molecule has 20 heavy (non-hydrogen) atoms. The predicted molar refractivity (Wildman–Crippen MR) is 85.9 cm³/mol. The monoisotopic (exact) mass is 275 g/mol. The van der Waals surface area contributed by atoms with E-state index in [1.165, 1.54) is 37.1 Å². The summed E-state index contributed by atoms with van der Waals surface area (Å²) in [6.07, 6.45) is 2.50. The minimum absolute atomic E-state index is 0.0836. The van der Waals surface area contributed by atoms with Gasteiger partial charge in [-0.1, -0.05) is 29.8 Å². The molecule has 112 valence electrons. The maximum atomic E-state index is 6.47. The number of piperidine rings is 1. The van der Waals surface area contributed by atoms with Gasteiger partial charge in [0.25, 0.3) is 0 Å². The van der Waals surface area contributed by atoms with Crippen molar-refractivity contribution >= 4 is 0 Å². The van der Waals surface area contributed by atoms with E-state index >= 15 is 0 Å². The van der Waals surface area contributed by atoms with Crippen molar-refractivity contribution in [2.24, 2.45) is 5.73 Å². The van der Waals surface area contributed by atoms with Crippen LogP contribution in [0.3, 0.4) is 0 Å². The SMILES string of the molecule is Cc1ccc(C(N)C(C)N(C)C2CCN(C)CC2)cc1. The lowest BCUT2D eigenvalue weighted by atomic mass is 9.96. The Labute approximate surface area is 123 Å². The highest BCUT2D eigenvalue weighted by Gasteiger charge is 2.27. The van der Waals surface area contributed by atoms with Crippen LogP contribution in [0.25, 0.3) is 0 Å². The van der Waals surface area contributed by atoms with E-state index in [2.05, 4.69) is 62.0 Å². The minimum atomic E-state index is 0.0836. The van der Waals surface area contributed by atoms with Crippen LogP contribution in [0.15, 0.2) is 24.3 Å². The number of hydrogen-bond acceptors (Lipinski definition) is 3. The summed E-state index contributed by atoms with van der Waals surface area (Å²) in [5, 5.41) is 0. The zero-order chi connectivity index (χ0) is 14.7. The molecule has 2 unspecified atom stereocenters. The molecule has 1 aromatic rings. The second-order valence-corrected chi connectivity index (χ2v) is 6.38. The summed E-state index contributed by atoms with van der Waals surface area (Å²) in [6, 6.07) is 9.75. The van der Waals surface area contributed by atoms with Crippen LogP contribution in [0.2, 0.25) is 0 Å².